The molecular formula is C9H12BNO4. The minimum Gasteiger partial charge on any atom is -0.423 e. The van der Waals surface area contributed by atoms with Gasteiger partial charge in [-0.25, -0.2) is 4.79 Å². The number of benzene rings is 1. The molecule has 0 aliphatic heterocycles. The van der Waals surface area contributed by atoms with Gasteiger partial charge in [0.15, 0.2) is 0 Å². The summed E-state index contributed by atoms with van der Waals surface area (Å²) >= 11 is 0. The molecule has 5 nitrogen and oxygen atoms in total. The summed E-state index contributed by atoms with van der Waals surface area (Å²) in [5, 5.41) is 19.1. The molecule has 0 spiro atoms. The van der Waals surface area contributed by atoms with Gasteiger partial charge in [0, 0.05) is 14.1 Å². The lowest BCUT2D eigenvalue weighted by Gasteiger charge is -2.10. The van der Waals surface area contributed by atoms with Crippen molar-refractivity contribution in [2.24, 2.45) is 0 Å². The highest BCUT2D eigenvalue weighted by atomic mass is 16.7. The van der Waals surface area contributed by atoms with Crippen LogP contribution >= 0.6 is 0 Å². The van der Waals surface area contributed by atoms with Gasteiger partial charge in [-0.15, -0.1) is 5.06 Å². The summed E-state index contributed by atoms with van der Waals surface area (Å²) in [4.78, 5) is 16.2. The lowest BCUT2D eigenvalue weighted by molar-refractivity contribution is -0.0713. The van der Waals surface area contributed by atoms with Crippen LogP contribution in [0.4, 0.5) is 0 Å². The molecule has 0 aliphatic carbocycles. The van der Waals surface area contributed by atoms with Crippen molar-refractivity contribution in [1.29, 1.82) is 0 Å². The van der Waals surface area contributed by atoms with E-state index in [4.69, 9.17) is 14.9 Å². The number of hydrogen-bond donors (Lipinski definition) is 2. The first-order valence-corrected chi connectivity index (χ1v) is 4.36. The molecule has 0 amide bonds. The van der Waals surface area contributed by atoms with Crippen LogP contribution in [-0.4, -0.2) is 42.3 Å². The van der Waals surface area contributed by atoms with E-state index in [1.165, 1.54) is 23.3 Å². The van der Waals surface area contributed by atoms with Crippen LogP contribution in [0.3, 0.4) is 0 Å². The van der Waals surface area contributed by atoms with Crippen LogP contribution in [0.15, 0.2) is 24.3 Å². The minimum absolute atomic E-state index is 0.253. The second kappa shape index (κ2) is 4.93. The zero-order chi connectivity index (χ0) is 11.4. The predicted octanol–water partition coefficient (Wildman–Crippen LogP) is -1.00. The predicted molar refractivity (Wildman–Crippen MR) is 55.4 cm³/mol. The van der Waals surface area contributed by atoms with Gasteiger partial charge in [-0.3, -0.25) is 0 Å². The number of rotatable bonds is 3. The molecule has 0 aromatic heterocycles. The molecule has 1 aromatic carbocycles. The van der Waals surface area contributed by atoms with E-state index in [2.05, 4.69) is 0 Å². The van der Waals surface area contributed by atoms with Crippen molar-refractivity contribution in [2.45, 2.75) is 0 Å². The van der Waals surface area contributed by atoms with Gasteiger partial charge in [0.1, 0.15) is 0 Å². The molecule has 1 rings (SSSR count). The number of hydroxylamine groups is 2. The summed E-state index contributed by atoms with van der Waals surface area (Å²) in [6, 6.07) is 5.98. The van der Waals surface area contributed by atoms with Crippen molar-refractivity contribution in [1.82, 2.24) is 5.06 Å². The standard InChI is InChI=1S/C9H12BNO4/c1-11(2)15-9(12)7-4-3-5-8(6-7)10(13)14/h3-6,13-14H,1-2H3. The maximum atomic E-state index is 11.4. The highest BCUT2D eigenvalue weighted by molar-refractivity contribution is 6.58. The fourth-order valence-electron chi connectivity index (χ4n) is 1.04. The molecule has 0 unspecified atom stereocenters. The van der Waals surface area contributed by atoms with Crippen molar-refractivity contribution in [3.05, 3.63) is 29.8 Å². The van der Waals surface area contributed by atoms with Gasteiger partial charge in [-0.05, 0) is 17.6 Å². The van der Waals surface area contributed by atoms with E-state index in [-0.39, 0.29) is 11.0 Å². The number of hydrogen-bond acceptors (Lipinski definition) is 5. The molecule has 0 aliphatic rings. The topological polar surface area (TPSA) is 70.0 Å². The second-order valence-electron chi connectivity index (χ2n) is 3.19. The summed E-state index contributed by atoms with van der Waals surface area (Å²) in [5.41, 5.74) is 0.525. The summed E-state index contributed by atoms with van der Waals surface area (Å²) < 4.78 is 0. The number of carbonyl (C=O) groups excluding carboxylic acids is 1. The fraction of sp³-hybridized carbons (Fsp3) is 0.222. The maximum Gasteiger partial charge on any atom is 0.488 e. The highest BCUT2D eigenvalue weighted by Crippen LogP contribution is 2.00. The first-order valence-electron chi connectivity index (χ1n) is 4.36. The molecule has 0 heterocycles. The normalized spacial score (nSPS) is 10.2. The van der Waals surface area contributed by atoms with Gasteiger partial charge in [-0.2, -0.15) is 0 Å². The first-order chi connectivity index (χ1) is 7.00. The highest BCUT2D eigenvalue weighted by Gasteiger charge is 2.14. The molecule has 6 heteroatoms. The molecule has 2 N–H and O–H groups in total. The molecule has 0 saturated carbocycles. The molecule has 0 bridgehead atoms. The van der Waals surface area contributed by atoms with Crippen molar-refractivity contribution >= 4 is 18.6 Å². The smallest absolute Gasteiger partial charge is 0.423 e. The van der Waals surface area contributed by atoms with Crippen LogP contribution in [0.5, 0.6) is 0 Å². The Morgan fingerprint density at radius 2 is 2.07 bits per heavy atom. The Morgan fingerprint density at radius 1 is 1.40 bits per heavy atom. The van der Waals surface area contributed by atoms with Crippen LogP contribution < -0.4 is 5.46 Å². The van der Waals surface area contributed by atoms with Crippen molar-refractivity contribution in [3.8, 4) is 0 Å². The first kappa shape index (κ1) is 11.7. The van der Waals surface area contributed by atoms with Crippen LogP contribution in [0.2, 0.25) is 0 Å². The van der Waals surface area contributed by atoms with Gasteiger partial charge < -0.3 is 14.9 Å². The van der Waals surface area contributed by atoms with E-state index >= 15 is 0 Å². The van der Waals surface area contributed by atoms with Gasteiger partial charge in [0.05, 0.1) is 5.56 Å². The number of carbonyl (C=O) groups is 1. The van der Waals surface area contributed by atoms with Gasteiger partial charge in [0.25, 0.3) is 0 Å². The van der Waals surface area contributed by atoms with Crippen LogP contribution in [0.1, 0.15) is 10.4 Å². The largest absolute Gasteiger partial charge is 0.488 e. The Balaban J connectivity index is 2.85. The molecule has 80 valence electrons. The zero-order valence-electron chi connectivity index (χ0n) is 8.54. The lowest BCUT2D eigenvalue weighted by Crippen LogP contribution is -2.30. The van der Waals surface area contributed by atoms with Crippen molar-refractivity contribution in [3.63, 3.8) is 0 Å². The van der Waals surface area contributed by atoms with Gasteiger partial charge in [-0.1, -0.05) is 12.1 Å². The van der Waals surface area contributed by atoms with E-state index in [1.54, 1.807) is 20.2 Å². The quantitative estimate of drug-likeness (QED) is 0.493. The van der Waals surface area contributed by atoms with E-state index < -0.39 is 13.1 Å². The summed E-state index contributed by atoms with van der Waals surface area (Å²) in [7, 11) is 1.59. The third-order valence-electron chi connectivity index (χ3n) is 1.69. The molecule has 1 aromatic rings. The summed E-state index contributed by atoms with van der Waals surface area (Å²) in [5.74, 6) is -0.539. The average Bonchev–Trinajstić information content (AvgIpc) is 2.17. The number of nitrogens with zero attached hydrogens (tertiary/aromatic N) is 1. The third-order valence-corrected chi connectivity index (χ3v) is 1.69. The monoisotopic (exact) mass is 209 g/mol. The van der Waals surface area contributed by atoms with Crippen LogP contribution in [0, 0.1) is 0 Å². The zero-order valence-corrected chi connectivity index (χ0v) is 8.54. The molecular weight excluding hydrogens is 197 g/mol. The van der Waals surface area contributed by atoms with E-state index in [0.29, 0.717) is 0 Å². The molecule has 15 heavy (non-hydrogen) atoms. The van der Waals surface area contributed by atoms with E-state index in [9.17, 15) is 4.79 Å². The van der Waals surface area contributed by atoms with E-state index in [0.717, 1.165) is 0 Å². The van der Waals surface area contributed by atoms with Gasteiger partial charge in [0.2, 0.25) is 0 Å². The molecule has 0 radical (unpaired) electrons. The fourth-order valence-corrected chi connectivity index (χ4v) is 1.04. The maximum absolute atomic E-state index is 11.4. The SMILES string of the molecule is CN(C)OC(=O)c1cccc(B(O)O)c1. The Hall–Kier alpha value is -1.37. The van der Waals surface area contributed by atoms with Gasteiger partial charge >= 0.3 is 13.1 Å². The Morgan fingerprint density at radius 3 is 2.60 bits per heavy atom. The Kier molecular flexibility index (Phi) is 3.84. The van der Waals surface area contributed by atoms with Crippen molar-refractivity contribution in [2.75, 3.05) is 14.1 Å². The lowest BCUT2D eigenvalue weighted by atomic mass is 9.80. The van der Waals surface area contributed by atoms with Crippen molar-refractivity contribution < 1.29 is 19.7 Å². The molecule has 0 saturated heterocycles. The second-order valence-corrected chi connectivity index (χ2v) is 3.19. The third kappa shape index (κ3) is 3.36. The van der Waals surface area contributed by atoms with Crippen LogP contribution in [-0.2, 0) is 4.84 Å². The molecule has 0 atom stereocenters. The van der Waals surface area contributed by atoms with E-state index in [1.807, 2.05) is 0 Å². The Bertz CT molecular complexity index is 354. The Labute approximate surface area is 88.0 Å². The van der Waals surface area contributed by atoms with Crippen LogP contribution in [0.25, 0.3) is 0 Å². The summed E-state index contributed by atoms with van der Waals surface area (Å²) in [6.45, 7) is 0. The summed E-state index contributed by atoms with van der Waals surface area (Å²) in [6.07, 6.45) is 0. The minimum atomic E-state index is -1.59. The molecule has 0 fully saturated rings. The average molecular weight is 209 g/mol.